The number of likely N-dealkylation sites (tertiary alicyclic amines) is 1. The van der Waals surface area contributed by atoms with Gasteiger partial charge >= 0.3 is 0 Å². The fourth-order valence-electron chi connectivity index (χ4n) is 3.48. The van der Waals surface area contributed by atoms with E-state index < -0.39 is 0 Å². The first-order valence-electron chi connectivity index (χ1n) is 9.45. The van der Waals surface area contributed by atoms with Crippen LogP contribution in [0.25, 0.3) is 11.3 Å². The molecule has 6 heteroatoms. The molecule has 28 heavy (non-hydrogen) atoms. The Morgan fingerprint density at radius 3 is 2.39 bits per heavy atom. The molecular formula is C22H22N4O2. The molecule has 0 saturated carbocycles. The van der Waals surface area contributed by atoms with Gasteiger partial charge in [-0.1, -0.05) is 30.3 Å². The minimum atomic E-state index is -0.110. The average Bonchev–Trinajstić information content (AvgIpc) is 3.26. The van der Waals surface area contributed by atoms with Crippen LogP contribution in [0.15, 0.2) is 67.0 Å². The van der Waals surface area contributed by atoms with Crippen LogP contribution in [0.1, 0.15) is 33.7 Å². The number of hydrogen-bond acceptors (Lipinski definition) is 3. The smallest absolute Gasteiger partial charge is 0.267 e. The summed E-state index contributed by atoms with van der Waals surface area (Å²) in [6.07, 6.45) is 4.74. The van der Waals surface area contributed by atoms with E-state index in [9.17, 15) is 9.59 Å². The zero-order chi connectivity index (χ0) is 19.3. The van der Waals surface area contributed by atoms with Crippen LogP contribution in [-0.4, -0.2) is 45.8 Å². The van der Waals surface area contributed by atoms with Gasteiger partial charge in [-0.15, -0.1) is 0 Å². The summed E-state index contributed by atoms with van der Waals surface area (Å²) in [4.78, 5) is 34.0. The van der Waals surface area contributed by atoms with Gasteiger partial charge in [0.15, 0.2) is 0 Å². The third kappa shape index (κ3) is 3.96. The van der Waals surface area contributed by atoms with Gasteiger partial charge in [0.05, 0.1) is 0 Å². The molecule has 3 heterocycles. The first kappa shape index (κ1) is 18.0. The minimum absolute atomic E-state index is 0.0176. The van der Waals surface area contributed by atoms with Crippen LogP contribution in [0.3, 0.4) is 0 Å². The molecule has 4 rings (SSSR count). The van der Waals surface area contributed by atoms with E-state index in [1.54, 1.807) is 30.6 Å². The Hall–Kier alpha value is -3.41. The SMILES string of the molecule is O=C(NC1CCN(C(=O)c2ccncc2)CC1)c1ccc(-c2ccccc2)[nH]1. The molecule has 3 aromatic rings. The molecule has 1 aliphatic rings. The Bertz CT molecular complexity index is 945. The normalized spacial score (nSPS) is 14.6. The fraction of sp³-hybridized carbons (Fsp3) is 0.227. The first-order valence-corrected chi connectivity index (χ1v) is 9.45. The van der Waals surface area contributed by atoms with Crippen molar-refractivity contribution in [1.29, 1.82) is 0 Å². The Balaban J connectivity index is 1.32. The van der Waals surface area contributed by atoms with E-state index in [-0.39, 0.29) is 17.9 Å². The Kier molecular flexibility index (Phi) is 5.19. The van der Waals surface area contributed by atoms with E-state index in [1.165, 1.54) is 0 Å². The number of aromatic nitrogens is 2. The topological polar surface area (TPSA) is 78.1 Å². The second-order valence-corrected chi connectivity index (χ2v) is 6.93. The van der Waals surface area contributed by atoms with Crippen molar-refractivity contribution >= 4 is 11.8 Å². The third-order valence-corrected chi connectivity index (χ3v) is 5.06. The van der Waals surface area contributed by atoms with Gasteiger partial charge in [0.25, 0.3) is 11.8 Å². The van der Waals surface area contributed by atoms with Crippen molar-refractivity contribution in [2.45, 2.75) is 18.9 Å². The van der Waals surface area contributed by atoms with Gasteiger partial charge in [-0.2, -0.15) is 0 Å². The van der Waals surface area contributed by atoms with E-state index >= 15 is 0 Å². The maximum absolute atomic E-state index is 12.6. The standard InChI is InChI=1S/C22H22N4O2/c27-21(20-7-6-19(25-20)16-4-2-1-3-5-16)24-18-10-14-26(15-11-18)22(28)17-8-12-23-13-9-17/h1-9,12-13,18,25H,10-11,14-15H2,(H,24,27). The van der Waals surface area contributed by atoms with Crippen molar-refractivity contribution in [3.8, 4) is 11.3 Å². The summed E-state index contributed by atoms with van der Waals surface area (Å²) in [7, 11) is 0. The molecule has 1 fully saturated rings. The summed E-state index contributed by atoms with van der Waals surface area (Å²) in [5.74, 6) is -0.0925. The number of pyridine rings is 1. The summed E-state index contributed by atoms with van der Waals surface area (Å²) in [5.41, 5.74) is 3.17. The summed E-state index contributed by atoms with van der Waals surface area (Å²) in [6.45, 7) is 1.26. The Morgan fingerprint density at radius 2 is 1.68 bits per heavy atom. The highest BCUT2D eigenvalue weighted by molar-refractivity contribution is 5.94. The maximum atomic E-state index is 12.6. The number of rotatable bonds is 4. The number of aromatic amines is 1. The first-order chi connectivity index (χ1) is 13.7. The van der Waals surface area contributed by atoms with E-state index in [0.717, 1.165) is 24.1 Å². The van der Waals surface area contributed by atoms with Crippen molar-refractivity contribution < 1.29 is 9.59 Å². The number of nitrogens with zero attached hydrogens (tertiary/aromatic N) is 2. The molecule has 0 radical (unpaired) electrons. The summed E-state index contributed by atoms with van der Waals surface area (Å²) < 4.78 is 0. The van der Waals surface area contributed by atoms with Crippen LogP contribution in [0.2, 0.25) is 0 Å². The lowest BCUT2D eigenvalue weighted by Gasteiger charge is -2.32. The third-order valence-electron chi connectivity index (χ3n) is 5.06. The molecule has 2 amide bonds. The molecule has 0 atom stereocenters. The van der Waals surface area contributed by atoms with Crippen LogP contribution in [0.4, 0.5) is 0 Å². The van der Waals surface area contributed by atoms with E-state index in [1.807, 2.05) is 41.3 Å². The zero-order valence-corrected chi connectivity index (χ0v) is 15.5. The van der Waals surface area contributed by atoms with Gasteiger partial charge in [0, 0.05) is 42.8 Å². The summed E-state index contributed by atoms with van der Waals surface area (Å²) in [6, 6.07) is 17.2. The molecule has 2 N–H and O–H groups in total. The van der Waals surface area contributed by atoms with Crippen LogP contribution in [0, 0.1) is 0 Å². The predicted octanol–water partition coefficient (Wildman–Crippen LogP) is 3.11. The van der Waals surface area contributed by atoms with Crippen molar-refractivity contribution in [2.24, 2.45) is 0 Å². The predicted molar refractivity (Wildman–Crippen MR) is 107 cm³/mol. The van der Waals surface area contributed by atoms with Gasteiger partial charge in [-0.05, 0) is 42.7 Å². The maximum Gasteiger partial charge on any atom is 0.267 e. The molecule has 1 saturated heterocycles. The molecule has 2 aromatic heterocycles. The number of H-pyrrole nitrogens is 1. The quantitative estimate of drug-likeness (QED) is 0.737. The number of hydrogen-bond donors (Lipinski definition) is 2. The number of piperidine rings is 1. The average molecular weight is 374 g/mol. The Labute approximate surface area is 163 Å². The van der Waals surface area contributed by atoms with Gasteiger partial charge in [0.1, 0.15) is 5.69 Å². The molecular weight excluding hydrogens is 352 g/mol. The largest absolute Gasteiger partial charge is 0.351 e. The second-order valence-electron chi connectivity index (χ2n) is 6.93. The molecule has 0 unspecified atom stereocenters. The van der Waals surface area contributed by atoms with Crippen molar-refractivity contribution in [3.63, 3.8) is 0 Å². The summed E-state index contributed by atoms with van der Waals surface area (Å²) in [5, 5.41) is 3.08. The van der Waals surface area contributed by atoms with Crippen LogP contribution in [-0.2, 0) is 0 Å². The number of benzene rings is 1. The molecule has 1 aromatic carbocycles. The monoisotopic (exact) mass is 374 g/mol. The molecule has 0 bridgehead atoms. The van der Waals surface area contributed by atoms with Gasteiger partial charge in [-0.25, -0.2) is 0 Å². The van der Waals surface area contributed by atoms with Gasteiger partial charge < -0.3 is 15.2 Å². The summed E-state index contributed by atoms with van der Waals surface area (Å²) >= 11 is 0. The van der Waals surface area contributed by atoms with Crippen LogP contribution < -0.4 is 5.32 Å². The molecule has 0 spiro atoms. The van der Waals surface area contributed by atoms with Crippen molar-refractivity contribution in [1.82, 2.24) is 20.2 Å². The van der Waals surface area contributed by atoms with Crippen molar-refractivity contribution in [3.05, 3.63) is 78.2 Å². The van der Waals surface area contributed by atoms with Crippen molar-refractivity contribution in [2.75, 3.05) is 13.1 Å². The van der Waals surface area contributed by atoms with Crippen LogP contribution >= 0.6 is 0 Å². The van der Waals surface area contributed by atoms with Crippen LogP contribution in [0.5, 0.6) is 0 Å². The molecule has 0 aliphatic carbocycles. The minimum Gasteiger partial charge on any atom is -0.351 e. The molecule has 142 valence electrons. The highest BCUT2D eigenvalue weighted by atomic mass is 16.2. The number of carbonyl (C=O) groups excluding carboxylic acids is 2. The lowest BCUT2D eigenvalue weighted by molar-refractivity contribution is 0.0697. The van der Waals surface area contributed by atoms with E-state index in [2.05, 4.69) is 15.3 Å². The van der Waals surface area contributed by atoms with E-state index in [0.29, 0.717) is 24.3 Å². The van der Waals surface area contributed by atoms with Gasteiger partial charge in [0.2, 0.25) is 0 Å². The van der Waals surface area contributed by atoms with Gasteiger partial charge in [-0.3, -0.25) is 14.6 Å². The molecule has 1 aliphatic heterocycles. The lowest BCUT2D eigenvalue weighted by atomic mass is 10.0. The highest BCUT2D eigenvalue weighted by Crippen LogP contribution is 2.19. The number of nitrogens with one attached hydrogen (secondary N) is 2. The number of carbonyl (C=O) groups is 2. The van der Waals surface area contributed by atoms with E-state index in [4.69, 9.17) is 0 Å². The highest BCUT2D eigenvalue weighted by Gasteiger charge is 2.25. The zero-order valence-electron chi connectivity index (χ0n) is 15.5. The fourth-order valence-corrected chi connectivity index (χ4v) is 3.48. The Morgan fingerprint density at radius 1 is 0.964 bits per heavy atom. The lowest BCUT2D eigenvalue weighted by Crippen LogP contribution is -2.46. The second kappa shape index (κ2) is 8.08. The molecule has 6 nitrogen and oxygen atoms in total. The number of amides is 2.